The number of fused-ring (bicyclic) bond motifs is 1. The van der Waals surface area contributed by atoms with Gasteiger partial charge in [-0.25, -0.2) is 0 Å². The van der Waals surface area contributed by atoms with Gasteiger partial charge in [-0.15, -0.1) is 0 Å². The minimum Gasteiger partial charge on any atom is -0.497 e. The van der Waals surface area contributed by atoms with Crippen LogP contribution in [0.2, 0.25) is 0 Å². The summed E-state index contributed by atoms with van der Waals surface area (Å²) in [5.74, 6) is 0.792. The molecule has 2 aromatic carbocycles. The van der Waals surface area contributed by atoms with E-state index in [2.05, 4.69) is 34.5 Å². The lowest BCUT2D eigenvalue weighted by Crippen LogP contribution is -2.56. The lowest BCUT2D eigenvalue weighted by Gasteiger charge is -2.42. The van der Waals surface area contributed by atoms with Gasteiger partial charge in [-0.05, 0) is 57.2 Å². The molecule has 4 rings (SSSR count). The summed E-state index contributed by atoms with van der Waals surface area (Å²) in [6.45, 7) is 12.4. The molecule has 2 aliphatic heterocycles. The number of nitrogens with zero attached hydrogens (tertiary/aromatic N) is 2. The largest absolute Gasteiger partial charge is 0.497 e. The number of rotatable bonds is 6. The minimum atomic E-state index is -0.776. The molecule has 7 heteroatoms. The smallest absolute Gasteiger partial charge is 0.265 e. The first-order valence-corrected chi connectivity index (χ1v) is 13.3. The second-order valence-corrected chi connectivity index (χ2v) is 11.6. The van der Waals surface area contributed by atoms with Crippen molar-refractivity contribution < 1.29 is 19.1 Å². The summed E-state index contributed by atoms with van der Waals surface area (Å²) in [5.41, 5.74) is 1.54. The number of likely N-dealkylation sites (tertiary alicyclic amines) is 1. The van der Waals surface area contributed by atoms with E-state index < -0.39 is 17.7 Å². The first-order valence-electron chi connectivity index (χ1n) is 13.3. The van der Waals surface area contributed by atoms with Crippen molar-refractivity contribution in [1.29, 1.82) is 0 Å². The number of nitrogens with one attached hydrogen (secondary N) is 1. The molecule has 1 saturated heterocycles. The lowest BCUT2D eigenvalue weighted by atomic mass is 9.94. The van der Waals surface area contributed by atoms with Crippen molar-refractivity contribution in [1.82, 2.24) is 15.1 Å². The van der Waals surface area contributed by atoms with Crippen LogP contribution in [0.3, 0.4) is 0 Å². The molecule has 2 amide bonds. The first kappa shape index (κ1) is 27.0. The Balaban J connectivity index is 1.68. The molecule has 37 heavy (non-hydrogen) atoms. The van der Waals surface area contributed by atoms with Gasteiger partial charge in [-0.1, -0.05) is 44.2 Å². The molecule has 2 aromatic rings. The standard InChI is InChI=1S/C30H41N3O4/c1-20(2)27-29(35)33(22-14-16-32(17-15-22)19-21-10-8-7-9-11-21)26(28(34)31-30(3,4)5)24-13-12-23(36-6)18-25(24)37-27/h7-13,18,20,22,26-27H,14-17,19H2,1-6H3,(H,31,34). The van der Waals surface area contributed by atoms with Gasteiger partial charge in [0.25, 0.3) is 5.91 Å². The van der Waals surface area contributed by atoms with Gasteiger partial charge < -0.3 is 19.7 Å². The molecule has 0 aromatic heterocycles. The van der Waals surface area contributed by atoms with E-state index in [1.54, 1.807) is 13.2 Å². The van der Waals surface area contributed by atoms with Gasteiger partial charge in [0.15, 0.2) is 6.10 Å². The number of ether oxygens (including phenoxy) is 2. The number of carbonyl (C=O) groups excluding carboxylic acids is 2. The van der Waals surface area contributed by atoms with Crippen LogP contribution in [0.15, 0.2) is 48.5 Å². The summed E-state index contributed by atoms with van der Waals surface area (Å²) in [4.78, 5) is 32.3. The molecule has 0 spiro atoms. The van der Waals surface area contributed by atoms with Crippen molar-refractivity contribution >= 4 is 11.8 Å². The van der Waals surface area contributed by atoms with E-state index in [1.807, 2.05) is 57.7 Å². The molecule has 2 unspecified atom stereocenters. The Labute approximate surface area is 221 Å². The fraction of sp³-hybridized carbons (Fsp3) is 0.533. The van der Waals surface area contributed by atoms with Crippen LogP contribution in [0.5, 0.6) is 11.5 Å². The van der Waals surface area contributed by atoms with E-state index in [4.69, 9.17) is 9.47 Å². The summed E-state index contributed by atoms with van der Waals surface area (Å²) in [6, 6.07) is 15.1. The number of amides is 2. The van der Waals surface area contributed by atoms with E-state index in [0.29, 0.717) is 17.1 Å². The number of piperidine rings is 1. The van der Waals surface area contributed by atoms with Gasteiger partial charge in [0, 0.05) is 42.8 Å². The second-order valence-electron chi connectivity index (χ2n) is 11.6. The number of methoxy groups -OCH3 is 1. The maximum absolute atomic E-state index is 14.1. The number of hydrogen-bond acceptors (Lipinski definition) is 5. The normalized spacial score (nSPS) is 21.3. The van der Waals surface area contributed by atoms with Gasteiger partial charge >= 0.3 is 0 Å². The zero-order valence-electron chi connectivity index (χ0n) is 23.0. The molecular formula is C30H41N3O4. The highest BCUT2D eigenvalue weighted by molar-refractivity contribution is 5.92. The average Bonchev–Trinajstić information content (AvgIpc) is 2.98. The quantitative estimate of drug-likeness (QED) is 0.621. The van der Waals surface area contributed by atoms with Crippen LogP contribution in [0.4, 0.5) is 0 Å². The monoisotopic (exact) mass is 507 g/mol. The average molecular weight is 508 g/mol. The van der Waals surface area contributed by atoms with Crippen molar-refractivity contribution in [3.8, 4) is 11.5 Å². The molecule has 2 atom stereocenters. The van der Waals surface area contributed by atoms with Crippen LogP contribution >= 0.6 is 0 Å². The summed E-state index contributed by atoms with van der Waals surface area (Å²) >= 11 is 0. The highest BCUT2D eigenvalue weighted by Gasteiger charge is 2.46. The molecule has 200 valence electrons. The van der Waals surface area contributed by atoms with Gasteiger partial charge in [-0.3, -0.25) is 14.5 Å². The van der Waals surface area contributed by atoms with Crippen LogP contribution in [0.25, 0.3) is 0 Å². The highest BCUT2D eigenvalue weighted by Crippen LogP contribution is 2.40. The summed E-state index contributed by atoms with van der Waals surface area (Å²) in [6.07, 6.45) is 0.920. The number of benzene rings is 2. The highest BCUT2D eigenvalue weighted by atomic mass is 16.5. The summed E-state index contributed by atoms with van der Waals surface area (Å²) in [7, 11) is 1.60. The summed E-state index contributed by atoms with van der Waals surface area (Å²) < 4.78 is 11.8. The van der Waals surface area contributed by atoms with E-state index in [0.717, 1.165) is 32.5 Å². The zero-order valence-corrected chi connectivity index (χ0v) is 23.0. The van der Waals surface area contributed by atoms with Gasteiger partial charge in [0.2, 0.25) is 5.91 Å². The fourth-order valence-electron chi connectivity index (χ4n) is 5.30. The SMILES string of the molecule is COc1ccc2c(c1)OC(C(C)C)C(=O)N(C1CCN(Cc3ccccc3)CC1)C2C(=O)NC(C)(C)C. The Kier molecular flexibility index (Phi) is 8.12. The first-order chi connectivity index (χ1) is 17.6. The predicted octanol–water partition coefficient (Wildman–Crippen LogP) is 4.56. The topological polar surface area (TPSA) is 71.1 Å². The zero-order chi connectivity index (χ0) is 26.7. The van der Waals surface area contributed by atoms with E-state index in [9.17, 15) is 9.59 Å². The summed E-state index contributed by atoms with van der Waals surface area (Å²) in [5, 5.41) is 3.13. The van der Waals surface area contributed by atoms with Crippen LogP contribution in [0.1, 0.15) is 64.6 Å². The third-order valence-electron chi connectivity index (χ3n) is 7.10. The number of carbonyl (C=O) groups is 2. The Morgan fingerprint density at radius 3 is 2.38 bits per heavy atom. The second kappa shape index (κ2) is 11.1. The van der Waals surface area contributed by atoms with Gasteiger partial charge in [0.05, 0.1) is 7.11 Å². The molecule has 1 fully saturated rings. The molecule has 7 nitrogen and oxygen atoms in total. The van der Waals surface area contributed by atoms with E-state index in [1.165, 1.54) is 5.56 Å². The van der Waals surface area contributed by atoms with Crippen molar-refractivity contribution in [2.24, 2.45) is 5.92 Å². The van der Waals surface area contributed by atoms with Gasteiger partial charge in [0.1, 0.15) is 17.5 Å². The number of hydrogen-bond donors (Lipinski definition) is 1. The van der Waals surface area contributed by atoms with Crippen molar-refractivity contribution in [3.63, 3.8) is 0 Å². The van der Waals surface area contributed by atoms with Crippen molar-refractivity contribution in [2.45, 2.75) is 77.7 Å². The molecule has 0 radical (unpaired) electrons. The molecule has 1 N–H and O–H groups in total. The Bertz CT molecular complexity index is 1090. The molecule has 0 aliphatic carbocycles. The maximum atomic E-state index is 14.1. The Morgan fingerprint density at radius 1 is 1.11 bits per heavy atom. The maximum Gasteiger partial charge on any atom is 0.265 e. The third-order valence-corrected chi connectivity index (χ3v) is 7.10. The van der Waals surface area contributed by atoms with Crippen LogP contribution in [0, 0.1) is 5.92 Å². The predicted molar refractivity (Wildman–Crippen MR) is 144 cm³/mol. The lowest BCUT2D eigenvalue weighted by molar-refractivity contribution is -0.151. The van der Waals surface area contributed by atoms with Crippen LogP contribution < -0.4 is 14.8 Å². The molecule has 0 saturated carbocycles. The fourth-order valence-corrected chi connectivity index (χ4v) is 5.30. The minimum absolute atomic E-state index is 0.0587. The molecule has 0 bridgehead atoms. The van der Waals surface area contributed by atoms with Crippen molar-refractivity contribution in [3.05, 3.63) is 59.7 Å². The third kappa shape index (κ3) is 6.27. The van der Waals surface area contributed by atoms with Crippen molar-refractivity contribution in [2.75, 3.05) is 20.2 Å². The molecule has 2 heterocycles. The van der Waals surface area contributed by atoms with Gasteiger partial charge in [-0.2, -0.15) is 0 Å². The Morgan fingerprint density at radius 2 is 1.78 bits per heavy atom. The van der Waals surface area contributed by atoms with Crippen LogP contribution in [-0.2, 0) is 16.1 Å². The van der Waals surface area contributed by atoms with E-state index >= 15 is 0 Å². The van der Waals surface area contributed by atoms with E-state index in [-0.39, 0.29) is 23.8 Å². The molecular weight excluding hydrogens is 466 g/mol. The van der Waals surface area contributed by atoms with Crippen LogP contribution in [-0.4, -0.2) is 59.5 Å². The molecule has 2 aliphatic rings. The Hall–Kier alpha value is -3.06.